The standard InChI is InChI=1S/C22H25NO3/c1-3-14-23-16-17-10-8-9-13-19(17)22(21(23)25,15-20(24)26-4-2)18-11-6-5-7-12-18/h5-13H,3-4,14-16H2,1-2H3. The van der Waals surface area contributed by atoms with Crippen LogP contribution in [0.4, 0.5) is 0 Å². The van der Waals surface area contributed by atoms with Crippen molar-refractivity contribution in [3.05, 3.63) is 71.3 Å². The SMILES string of the molecule is CCCN1Cc2ccccc2C(CC(=O)OCC)(c2ccccc2)C1=O. The third-order valence-electron chi connectivity index (χ3n) is 4.97. The minimum atomic E-state index is -1.03. The van der Waals surface area contributed by atoms with Gasteiger partial charge in [0.15, 0.2) is 0 Å². The fourth-order valence-electron chi connectivity index (χ4n) is 3.89. The number of ether oxygens (including phenoxy) is 1. The molecule has 0 fully saturated rings. The molecule has 1 unspecified atom stereocenters. The summed E-state index contributed by atoms with van der Waals surface area (Å²) >= 11 is 0. The quantitative estimate of drug-likeness (QED) is 0.746. The van der Waals surface area contributed by atoms with Crippen LogP contribution in [0.2, 0.25) is 0 Å². The van der Waals surface area contributed by atoms with E-state index in [1.54, 1.807) is 6.92 Å². The lowest BCUT2D eigenvalue weighted by atomic mass is 9.67. The van der Waals surface area contributed by atoms with E-state index in [0.717, 1.165) is 23.1 Å². The number of amides is 1. The van der Waals surface area contributed by atoms with Gasteiger partial charge in [0.2, 0.25) is 5.91 Å². The van der Waals surface area contributed by atoms with E-state index in [4.69, 9.17) is 4.74 Å². The van der Waals surface area contributed by atoms with Gasteiger partial charge in [-0.3, -0.25) is 9.59 Å². The Morgan fingerprint density at radius 2 is 1.77 bits per heavy atom. The van der Waals surface area contributed by atoms with Gasteiger partial charge in [0.1, 0.15) is 5.41 Å². The minimum absolute atomic E-state index is 0.0148. The molecule has 1 amide bonds. The second kappa shape index (κ2) is 7.73. The molecule has 1 atom stereocenters. The van der Waals surface area contributed by atoms with E-state index in [2.05, 4.69) is 6.92 Å². The first-order valence-electron chi connectivity index (χ1n) is 9.22. The third-order valence-corrected chi connectivity index (χ3v) is 4.97. The zero-order valence-corrected chi connectivity index (χ0v) is 15.4. The van der Waals surface area contributed by atoms with Crippen molar-refractivity contribution in [1.29, 1.82) is 0 Å². The first kappa shape index (κ1) is 18.2. The molecule has 0 aromatic heterocycles. The van der Waals surface area contributed by atoms with Crippen LogP contribution in [-0.4, -0.2) is 29.9 Å². The zero-order chi connectivity index (χ0) is 18.6. The number of carbonyl (C=O) groups excluding carboxylic acids is 2. The lowest BCUT2D eigenvalue weighted by Gasteiger charge is -2.43. The molecular weight excluding hydrogens is 326 g/mol. The van der Waals surface area contributed by atoms with Gasteiger partial charge in [0, 0.05) is 13.1 Å². The van der Waals surface area contributed by atoms with Crippen LogP contribution >= 0.6 is 0 Å². The van der Waals surface area contributed by atoms with E-state index in [-0.39, 0.29) is 18.3 Å². The van der Waals surface area contributed by atoms with Gasteiger partial charge in [0.25, 0.3) is 0 Å². The molecule has 1 heterocycles. The van der Waals surface area contributed by atoms with Crippen LogP contribution in [0.1, 0.15) is 43.4 Å². The molecule has 4 nitrogen and oxygen atoms in total. The molecule has 0 aliphatic carbocycles. The maximum atomic E-state index is 13.7. The fourth-order valence-corrected chi connectivity index (χ4v) is 3.89. The first-order valence-corrected chi connectivity index (χ1v) is 9.22. The molecule has 26 heavy (non-hydrogen) atoms. The Morgan fingerprint density at radius 3 is 2.46 bits per heavy atom. The monoisotopic (exact) mass is 351 g/mol. The van der Waals surface area contributed by atoms with Crippen molar-refractivity contribution in [3.63, 3.8) is 0 Å². The van der Waals surface area contributed by atoms with E-state index >= 15 is 0 Å². The number of carbonyl (C=O) groups is 2. The number of esters is 1. The van der Waals surface area contributed by atoms with Crippen molar-refractivity contribution < 1.29 is 14.3 Å². The molecule has 136 valence electrons. The summed E-state index contributed by atoms with van der Waals surface area (Å²) < 4.78 is 5.24. The summed E-state index contributed by atoms with van der Waals surface area (Å²) in [5, 5.41) is 0. The minimum Gasteiger partial charge on any atom is -0.466 e. The molecule has 0 saturated carbocycles. The summed E-state index contributed by atoms with van der Waals surface area (Å²) in [7, 11) is 0. The van der Waals surface area contributed by atoms with Crippen LogP contribution in [0.5, 0.6) is 0 Å². The van der Waals surface area contributed by atoms with E-state index in [0.29, 0.717) is 19.7 Å². The summed E-state index contributed by atoms with van der Waals surface area (Å²) in [6.07, 6.45) is 0.888. The molecule has 0 bridgehead atoms. The fraction of sp³-hybridized carbons (Fsp3) is 0.364. The number of hydrogen-bond acceptors (Lipinski definition) is 3. The predicted octanol–water partition coefficient (Wildman–Crippen LogP) is 3.68. The highest BCUT2D eigenvalue weighted by Gasteiger charge is 2.50. The van der Waals surface area contributed by atoms with E-state index in [1.165, 1.54) is 0 Å². The highest BCUT2D eigenvalue weighted by Crippen LogP contribution is 2.43. The Hall–Kier alpha value is -2.62. The molecule has 2 aromatic rings. The second-order valence-electron chi connectivity index (χ2n) is 6.64. The smallest absolute Gasteiger partial charge is 0.307 e. The van der Waals surface area contributed by atoms with E-state index < -0.39 is 5.41 Å². The number of benzene rings is 2. The van der Waals surface area contributed by atoms with Crippen LogP contribution in [0, 0.1) is 0 Å². The maximum Gasteiger partial charge on any atom is 0.307 e. The van der Waals surface area contributed by atoms with Crippen LogP contribution in [0.3, 0.4) is 0 Å². The van der Waals surface area contributed by atoms with Gasteiger partial charge in [-0.2, -0.15) is 0 Å². The summed E-state index contributed by atoms with van der Waals surface area (Å²) in [5.74, 6) is -0.366. The molecule has 3 rings (SSSR count). The molecule has 0 spiro atoms. The summed E-state index contributed by atoms with van der Waals surface area (Å²) in [6, 6.07) is 17.6. The Morgan fingerprint density at radius 1 is 1.08 bits per heavy atom. The summed E-state index contributed by atoms with van der Waals surface area (Å²) in [4.78, 5) is 28.0. The van der Waals surface area contributed by atoms with Crippen LogP contribution in [0.25, 0.3) is 0 Å². The predicted molar refractivity (Wildman–Crippen MR) is 101 cm³/mol. The number of fused-ring (bicyclic) bond motifs is 1. The molecule has 2 aromatic carbocycles. The molecule has 0 radical (unpaired) electrons. The van der Waals surface area contributed by atoms with E-state index in [1.807, 2.05) is 59.5 Å². The molecular formula is C22H25NO3. The largest absolute Gasteiger partial charge is 0.466 e. The maximum absolute atomic E-state index is 13.7. The lowest BCUT2D eigenvalue weighted by Crippen LogP contribution is -2.53. The number of nitrogens with zero attached hydrogens (tertiary/aromatic N) is 1. The van der Waals surface area contributed by atoms with Crippen LogP contribution in [-0.2, 0) is 26.3 Å². The number of hydrogen-bond donors (Lipinski definition) is 0. The van der Waals surface area contributed by atoms with Crippen LogP contribution in [0.15, 0.2) is 54.6 Å². The molecule has 4 heteroatoms. The van der Waals surface area contributed by atoms with Gasteiger partial charge in [-0.1, -0.05) is 61.5 Å². The van der Waals surface area contributed by atoms with Crippen molar-refractivity contribution in [3.8, 4) is 0 Å². The Kier molecular flexibility index (Phi) is 5.40. The Labute approximate surface area is 154 Å². The molecule has 0 N–H and O–H groups in total. The van der Waals surface area contributed by atoms with Crippen molar-refractivity contribution >= 4 is 11.9 Å². The zero-order valence-electron chi connectivity index (χ0n) is 15.4. The molecule has 1 aliphatic rings. The van der Waals surface area contributed by atoms with Crippen molar-refractivity contribution in [2.75, 3.05) is 13.2 Å². The Bertz CT molecular complexity index is 787. The lowest BCUT2D eigenvalue weighted by molar-refractivity contribution is -0.149. The van der Waals surface area contributed by atoms with Gasteiger partial charge in [0.05, 0.1) is 13.0 Å². The average molecular weight is 351 g/mol. The van der Waals surface area contributed by atoms with Gasteiger partial charge in [-0.15, -0.1) is 0 Å². The topological polar surface area (TPSA) is 46.6 Å². The Balaban J connectivity index is 2.22. The summed E-state index contributed by atoms with van der Waals surface area (Å²) in [6.45, 7) is 5.40. The van der Waals surface area contributed by atoms with Gasteiger partial charge in [-0.05, 0) is 30.0 Å². The van der Waals surface area contributed by atoms with Crippen molar-refractivity contribution in [1.82, 2.24) is 4.90 Å². The molecule has 1 aliphatic heterocycles. The highest BCUT2D eigenvalue weighted by atomic mass is 16.5. The van der Waals surface area contributed by atoms with E-state index in [9.17, 15) is 9.59 Å². The van der Waals surface area contributed by atoms with Gasteiger partial charge < -0.3 is 9.64 Å². The molecule has 0 saturated heterocycles. The average Bonchev–Trinajstić information content (AvgIpc) is 2.66. The van der Waals surface area contributed by atoms with Gasteiger partial charge in [-0.25, -0.2) is 0 Å². The summed E-state index contributed by atoms with van der Waals surface area (Å²) in [5.41, 5.74) is 1.81. The highest BCUT2D eigenvalue weighted by molar-refractivity contribution is 5.97. The second-order valence-corrected chi connectivity index (χ2v) is 6.64. The van der Waals surface area contributed by atoms with Crippen molar-refractivity contribution in [2.24, 2.45) is 0 Å². The third kappa shape index (κ3) is 3.12. The number of rotatable bonds is 6. The van der Waals surface area contributed by atoms with Crippen LogP contribution < -0.4 is 0 Å². The first-order chi connectivity index (χ1) is 12.6. The van der Waals surface area contributed by atoms with Gasteiger partial charge >= 0.3 is 5.97 Å². The van der Waals surface area contributed by atoms with Crippen molar-refractivity contribution in [2.45, 2.75) is 38.6 Å². The normalized spacial score (nSPS) is 19.2.